The third kappa shape index (κ3) is 5.24. The minimum absolute atomic E-state index is 0.126. The van der Waals surface area contributed by atoms with Gasteiger partial charge in [0.25, 0.3) is 0 Å². The van der Waals surface area contributed by atoms with Gasteiger partial charge in [-0.15, -0.1) is 0 Å². The number of amides is 1. The molecule has 0 aliphatic carbocycles. The van der Waals surface area contributed by atoms with E-state index in [0.29, 0.717) is 24.4 Å². The molecular weight excluding hydrogens is 338 g/mol. The van der Waals surface area contributed by atoms with Gasteiger partial charge in [-0.05, 0) is 49.8 Å². The average molecular weight is 366 g/mol. The number of halogens is 2. The number of piperidine rings is 1. The molecular formula is C20H28F2N2O2. The van der Waals surface area contributed by atoms with E-state index in [4.69, 9.17) is 4.74 Å². The van der Waals surface area contributed by atoms with Crippen molar-refractivity contribution in [3.63, 3.8) is 0 Å². The van der Waals surface area contributed by atoms with Crippen LogP contribution in [0.1, 0.15) is 37.7 Å². The summed E-state index contributed by atoms with van der Waals surface area (Å²) >= 11 is 0. The molecule has 1 aromatic carbocycles. The third-order valence-corrected chi connectivity index (χ3v) is 5.44. The predicted molar refractivity (Wildman–Crippen MR) is 95.9 cm³/mol. The summed E-state index contributed by atoms with van der Waals surface area (Å²) in [6.45, 7) is 5.34. The Morgan fingerprint density at radius 3 is 2.69 bits per heavy atom. The Hall–Kier alpha value is -1.53. The molecule has 1 atom stereocenters. The van der Waals surface area contributed by atoms with Crippen LogP contribution in [0.4, 0.5) is 8.78 Å². The lowest BCUT2D eigenvalue weighted by atomic mass is 9.98. The Balaban J connectivity index is 1.50. The van der Waals surface area contributed by atoms with E-state index in [1.54, 1.807) is 6.07 Å². The van der Waals surface area contributed by atoms with E-state index in [9.17, 15) is 13.6 Å². The highest BCUT2D eigenvalue weighted by Gasteiger charge is 2.27. The Labute approximate surface area is 154 Å². The van der Waals surface area contributed by atoms with Crippen molar-refractivity contribution in [3.8, 4) is 0 Å². The van der Waals surface area contributed by atoms with Crippen molar-refractivity contribution in [2.75, 3.05) is 39.4 Å². The van der Waals surface area contributed by atoms with Crippen molar-refractivity contribution < 1.29 is 18.3 Å². The molecule has 0 saturated carbocycles. The van der Waals surface area contributed by atoms with Gasteiger partial charge in [0.15, 0.2) is 11.6 Å². The quantitative estimate of drug-likeness (QED) is 0.776. The highest BCUT2D eigenvalue weighted by Crippen LogP contribution is 2.22. The molecule has 0 radical (unpaired) electrons. The topological polar surface area (TPSA) is 32.8 Å². The van der Waals surface area contributed by atoms with E-state index < -0.39 is 11.6 Å². The van der Waals surface area contributed by atoms with Crippen LogP contribution in [0.3, 0.4) is 0 Å². The van der Waals surface area contributed by atoms with Gasteiger partial charge in [-0.1, -0.05) is 6.07 Å². The number of hydrogen-bond donors (Lipinski definition) is 0. The number of likely N-dealkylation sites (tertiary alicyclic amines) is 1. The Bertz CT molecular complexity index is 605. The van der Waals surface area contributed by atoms with Crippen molar-refractivity contribution in [2.45, 2.75) is 44.6 Å². The number of ether oxygens (including phenoxy) is 1. The second kappa shape index (κ2) is 9.42. The Kier molecular flexibility index (Phi) is 6.97. The first-order chi connectivity index (χ1) is 12.6. The molecule has 6 heteroatoms. The number of morpholine rings is 1. The van der Waals surface area contributed by atoms with Gasteiger partial charge in [0.05, 0.1) is 13.2 Å². The molecule has 2 saturated heterocycles. The summed E-state index contributed by atoms with van der Waals surface area (Å²) in [6, 6.07) is 4.16. The number of carbonyl (C=O) groups is 1. The molecule has 26 heavy (non-hydrogen) atoms. The second-order valence-electron chi connectivity index (χ2n) is 7.23. The summed E-state index contributed by atoms with van der Waals surface area (Å²) in [5.74, 6) is -1.57. The van der Waals surface area contributed by atoms with Crippen LogP contribution in [-0.4, -0.2) is 61.1 Å². The largest absolute Gasteiger partial charge is 0.379 e. The fourth-order valence-corrected chi connectivity index (χ4v) is 3.88. The summed E-state index contributed by atoms with van der Waals surface area (Å²) in [5.41, 5.74) is 0.666. The molecule has 1 aromatic rings. The molecule has 2 fully saturated rings. The van der Waals surface area contributed by atoms with E-state index in [-0.39, 0.29) is 5.91 Å². The zero-order valence-electron chi connectivity index (χ0n) is 15.3. The molecule has 0 aromatic heterocycles. The molecule has 2 aliphatic heterocycles. The Morgan fingerprint density at radius 2 is 1.92 bits per heavy atom. The van der Waals surface area contributed by atoms with Crippen LogP contribution in [0.25, 0.3) is 0 Å². The first-order valence-electron chi connectivity index (χ1n) is 9.67. The maximum Gasteiger partial charge on any atom is 0.223 e. The summed E-state index contributed by atoms with van der Waals surface area (Å²) in [7, 11) is 0. The van der Waals surface area contributed by atoms with Crippen LogP contribution < -0.4 is 0 Å². The number of hydrogen-bond acceptors (Lipinski definition) is 3. The summed E-state index contributed by atoms with van der Waals surface area (Å²) in [5, 5.41) is 0. The standard InChI is InChI=1S/C20H28F2N2O2/c21-18-6-4-16(15-19(18)22)5-7-20(25)24-9-2-1-3-17(24)8-10-23-11-13-26-14-12-23/h4,6,15,17H,1-3,5,7-14H2/t17-/m0/s1. The summed E-state index contributed by atoms with van der Waals surface area (Å²) in [4.78, 5) is 17.1. The van der Waals surface area contributed by atoms with Gasteiger partial charge in [0, 0.05) is 38.6 Å². The average Bonchev–Trinajstić information content (AvgIpc) is 2.68. The SMILES string of the molecule is O=C(CCc1ccc(F)c(F)c1)N1CCCC[C@H]1CCN1CCOCC1. The van der Waals surface area contributed by atoms with Crippen molar-refractivity contribution in [1.29, 1.82) is 0 Å². The van der Waals surface area contributed by atoms with Crippen molar-refractivity contribution in [2.24, 2.45) is 0 Å². The maximum atomic E-state index is 13.3. The smallest absolute Gasteiger partial charge is 0.223 e. The van der Waals surface area contributed by atoms with Crippen LogP contribution >= 0.6 is 0 Å². The van der Waals surface area contributed by atoms with Gasteiger partial charge in [0.1, 0.15) is 0 Å². The van der Waals surface area contributed by atoms with E-state index in [2.05, 4.69) is 4.90 Å². The lowest BCUT2D eigenvalue weighted by Crippen LogP contribution is -2.46. The molecule has 144 valence electrons. The van der Waals surface area contributed by atoms with Crippen LogP contribution in [0.2, 0.25) is 0 Å². The van der Waals surface area contributed by atoms with E-state index >= 15 is 0 Å². The van der Waals surface area contributed by atoms with Gasteiger partial charge in [-0.2, -0.15) is 0 Å². The van der Waals surface area contributed by atoms with Crippen LogP contribution in [-0.2, 0) is 16.0 Å². The van der Waals surface area contributed by atoms with Crippen LogP contribution in [0, 0.1) is 11.6 Å². The molecule has 2 aliphatic rings. The monoisotopic (exact) mass is 366 g/mol. The molecule has 0 unspecified atom stereocenters. The minimum Gasteiger partial charge on any atom is -0.379 e. The number of benzene rings is 1. The van der Waals surface area contributed by atoms with E-state index in [0.717, 1.165) is 64.7 Å². The van der Waals surface area contributed by atoms with Crippen molar-refractivity contribution >= 4 is 5.91 Å². The van der Waals surface area contributed by atoms with E-state index in [1.807, 2.05) is 4.90 Å². The summed E-state index contributed by atoms with van der Waals surface area (Å²) in [6.07, 6.45) is 5.06. The van der Waals surface area contributed by atoms with Crippen LogP contribution in [0.15, 0.2) is 18.2 Å². The molecule has 4 nitrogen and oxygen atoms in total. The third-order valence-electron chi connectivity index (χ3n) is 5.44. The molecule has 2 heterocycles. The predicted octanol–water partition coefficient (Wildman–Crippen LogP) is 3.00. The zero-order valence-corrected chi connectivity index (χ0v) is 15.3. The molecule has 0 bridgehead atoms. The zero-order chi connectivity index (χ0) is 18.4. The summed E-state index contributed by atoms with van der Waals surface area (Å²) < 4.78 is 31.7. The normalized spacial score (nSPS) is 21.8. The fraction of sp³-hybridized carbons (Fsp3) is 0.650. The Morgan fingerprint density at radius 1 is 1.12 bits per heavy atom. The number of nitrogens with zero attached hydrogens (tertiary/aromatic N) is 2. The van der Waals surface area contributed by atoms with Crippen LogP contribution in [0.5, 0.6) is 0 Å². The van der Waals surface area contributed by atoms with Crippen molar-refractivity contribution in [1.82, 2.24) is 9.80 Å². The van der Waals surface area contributed by atoms with Gasteiger partial charge in [-0.3, -0.25) is 9.69 Å². The highest BCUT2D eigenvalue weighted by atomic mass is 19.2. The fourth-order valence-electron chi connectivity index (χ4n) is 3.88. The first kappa shape index (κ1) is 19.2. The molecule has 1 amide bonds. The number of rotatable bonds is 6. The highest BCUT2D eigenvalue weighted by molar-refractivity contribution is 5.77. The molecule has 3 rings (SSSR count). The van der Waals surface area contributed by atoms with Gasteiger partial charge in [-0.25, -0.2) is 8.78 Å². The number of carbonyl (C=O) groups excluding carboxylic acids is 1. The maximum absolute atomic E-state index is 13.3. The lowest BCUT2D eigenvalue weighted by molar-refractivity contribution is -0.135. The minimum atomic E-state index is -0.851. The van der Waals surface area contributed by atoms with Crippen molar-refractivity contribution in [3.05, 3.63) is 35.4 Å². The molecule has 0 spiro atoms. The van der Waals surface area contributed by atoms with Gasteiger partial charge in [0.2, 0.25) is 5.91 Å². The molecule has 0 N–H and O–H groups in total. The van der Waals surface area contributed by atoms with Gasteiger partial charge >= 0.3 is 0 Å². The second-order valence-corrected chi connectivity index (χ2v) is 7.23. The first-order valence-corrected chi connectivity index (χ1v) is 9.67. The lowest BCUT2D eigenvalue weighted by Gasteiger charge is -2.37. The number of aryl methyl sites for hydroxylation is 1. The van der Waals surface area contributed by atoms with Gasteiger partial charge < -0.3 is 9.64 Å². The van der Waals surface area contributed by atoms with E-state index in [1.165, 1.54) is 12.5 Å².